The summed E-state index contributed by atoms with van der Waals surface area (Å²) in [5, 5.41) is 0. The Balaban J connectivity index is 3.16. The van der Waals surface area contributed by atoms with Crippen LogP contribution >= 0.6 is 15.9 Å². The zero-order valence-electron chi connectivity index (χ0n) is 9.17. The Morgan fingerprint density at radius 2 is 1.89 bits per heavy atom. The van der Waals surface area contributed by atoms with Gasteiger partial charge in [-0.1, -0.05) is 22.0 Å². The number of alkyl halides is 5. The van der Waals surface area contributed by atoms with Crippen LogP contribution in [0.15, 0.2) is 18.2 Å². The molecule has 0 bridgehead atoms. The summed E-state index contributed by atoms with van der Waals surface area (Å²) in [7, 11) is 0. The zero-order chi connectivity index (χ0) is 13.9. The molecule has 2 nitrogen and oxygen atoms in total. The summed E-state index contributed by atoms with van der Waals surface area (Å²) in [6.45, 7) is -1.92. The molecule has 0 spiro atoms. The molecule has 0 aromatic heterocycles. The topological polar surface area (TPSA) is 26.3 Å². The Bertz CT molecular complexity index is 437. The van der Waals surface area contributed by atoms with Gasteiger partial charge in [0.25, 0.3) is 6.43 Å². The molecule has 1 aromatic rings. The third-order valence-corrected chi connectivity index (χ3v) is 3.31. The molecule has 0 heterocycles. The van der Waals surface area contributed by atoms with Gasteiger partial charge in [0.1, 0.15) is 11.5 Å². The number of benzene rings is 1. The highest BCUT2D eigenvalue weighted by molar-refractivity contribution is 9.09. The van der Waals surface area contributed by atoms with E-state index in [0.717, 1.165) is 12.1 Å². The van der Waals surface area contributed by atoms with Crippen LogP contribution < -0.4 is 4.74 Å². The van der Waals surface area contributed by atoms with E-state index in [1.54, 1.807) is 0 Å². The first-order chi connectivity index (χ1) is 8.32. The number of rotatable bonds is 5. The van der Waals surface area contributed by atoms with Crippen molar-refractivity contribution in [1.29, 1.82) is 0 Å². The van der Waals surface area contributed by atoms with E-state index >= 15 is 0 Å². The van der Waals surface area contributed by atoms with Crippen LogP contribution in [0.4, 0.5) is 17.6 Å². The average Bonchev–Trinajstić information content (AvgIpc) is 2.26. The maximum Gasteiger partial charge on any atom is 0.387 e. The molecule has 0 aliphatic rings. The first-order valence-electron chi connectivity index (χ1n) is 4.84. The van der Waals surface area contributed by atoms with Crippen molar-refractivity contribution in [1.82, 2.24) is 0 Å². The molecule has 18 heavy (non-hydrogen) atoms. The second-order valence-corrected chi connectivity index (χ2v) is 4.37. The Kier molecular flexibility index (Phi) is 5.13. The highest BCUT2D eigenvalue weighted by Gasteiger charge is 2.20. The lowest BCUT2D eigenvalue weighted by Crippen LogP contribution is -2.07. The van der Waals surface area contributed by atoms with Crippen molar-refractivity contribution in [2.45, 2.75) is 24.8 Å². The van der Waals surface area contributed by atoms with Gasteiger partial charge in [0, 0.05) is 0 Å². The van der Waals surface area contributed by atoms with Gasteiger partial charge in [-0.2, -0.15) is 8.78 Å². The number of carbonyl (C=O) groups is 1. The molecule has 7 heteroatoms. The molecule has 0 saturated carbocycles. The second kappa shape index (κ2) is 6.17. The molecule has 0 aliphatic heterocycles. The van der Waals surface area contributed by atoms with Crippen LogP contribution in [0, 0.1) is 0 Å². The summed E-state index contributed by atoms with van der Waals surface area (Å²) >= 11 is 3.03. The molecule has 100 valence electrons. The molecular formula is C11H9BrF4O2. The fraction of sp³-hybridized carbons (Fsp3) is 0.364. The molecule has 1 unspecified atom stereocenters. The first kappa shape index (κ1) is 14.9. The predicted molar refractivity (Wildman–Crippen MR) is 60.4 cm³/mol. The van der Waals surface area contributed by atoms with Crippen molar-refractivity contribution in [3.05, 3.63) is 29.3 Å². The van der Waals surface area contributed by atoms with E-state index in [1.165, 1.54) is 13.0 Å². The van der Waals surface area contributed by atoms with Crippen LogP contribution in [-0.4, -0.2) is 12.4 Å². The third-order valence-electron chi connectivity index (χ3n) is 2.14. The highest BCUT2D eigenvalue weighted by Crippen LogP contribution is 2.34. The minimum absolute atomic E-state index is 0.275. The Labute approximate surface area is 109 Å². The van der Waals surface area contributed by atoms with E-state index in [0.29, 0.717) is 0 Å². The summed E-state index contributed by atoms with van der Waals surface area (Å²) in [5.74, 6) is -0.897. The van der Waals surface area contributed by atoms with Crippen LogP contribution in [0.1, 0.15) is 29.3 Å². The van der Waals surface area contributed by atoms with Crippen molar-refractivity contribution in [3.8, 4) is 5.75 Å². The lowest BCUT2D eigenvalue weighted by atomic mass is 10.1. The molecule has 0 fully saturated rings. The molecule has 0 N–H and O–H groups in total. The summed E-state index contributed by atoms with van der Waals surface area (Å²) in [5.41, 5.74) is -0.357. The largest absolute Gasteiger partial charge is 0.434 e. The van der Waals surface area contributed by atoms with Gasteiger partial charge in [-0.05, 0) is 24.6 Å². The molecule has 0 saturated heterocycles. The van der Waals surface area contributed by atoms with Crippen molar-refractivity contribution < 1.29 is 27.1 Å². The Morgan fingerprint density at radius 1 is 1.28 bits per heavy atom. The van der Waals surface area contributed by atoms with Gasteiger partial charge < -0.3 is 4.74 Å². The Hall–Kier alpha value is -1.11. The molecule has 0 radical (unpaired) electrons. The van der Waals surface area contributed by atoms with Crippen molar-refractivity contribution in [2.75, 3.05) is 0 Å². The molecule has 1 atom stereocenters. The maximum atomic E-state index is 12.6. The van der Waals surface area contributed by atoms with Crippen LogP contribution in [0.5, 0.6) is 5.75 Å². The van der Waals surface area contributed by atoms with E-state index in [9.17, 15) is 22.4 Å². The zero-order valence-corrected chi connectivity index (χ0v) is 10.8. The van der Waals surface area contributed by atoms with Gasteiger partial charge in [0.15, 0.2) is 0 Å². The number of hydrogen-bond acceptors (Lipinski definition) is 2. The number of ketones is 1. The Morgan fingerprint density at radius 3 is 2.33 bits per heavy atom. The minimum atomic E-state index is -3.20. The summed E-state index contributed by atoms with van der Waals surface area (Å²) in [4.78, 5) is 10.4. The fourth-order valence-corrected chi connectivity index (χ4v) is 1.61. The SMILES string of the molecule is CC(=O)C(Br)c1ccc(C(F)F)c(OC(F)F)c1. The number of Topliss-reactive ketones (excluding diaryl/α,β-unsaturated/α-hetero) is 1. The van der Waals surface area contributed by atoms with E-state index in [1.807, 2.05) is 0 Å². The smallest absolute Gasteiger partial charge is 0.387 e. The van der Waals surface area contributed by atoms with Gasteiger partial charge in [-0.3, -0.25) is 4.79 Å². The number of carbonyl (C=O) groups excluding carboxylic acids is 1. The third kappa shape index (κ3) is 3.69. The summed E-state index contributed by atoms with van der Waals surface area (Å²) < 4.78 is 53.4. The van der Waals surface area contributed by atoms with Gasteiger partial charge in [0.05, 0.1) is 10.4 Å². The minimum Gasteiger partial charge on any atom is -0.434 e. The molecule has 1 aromatic carbocycles. The lowest BCUT2D eigenvalue weighted by molar-refractivity contribution is -0.116. The molecule has 1 rings (SSSR count). The van der Waals surface area contributed by atoms with Crippen molar-refractivity contribution >= 4 is 21.7 Å². The molecular weight excluding hydrogens is 320 g/mol. The van der Waals surface area contributed by atoms with Gasteiger partial charge >= 0.3 is 6.61 Å². The maximum absolute atomic E-state index is 12.6. The molecule has 0 aliphatic carbocycles. The number of halogens is 5. The lowest BCUT2D eigenvalue weighted by Gasteiger charge is -2.13. The van der Waals surface area contributed by atoms with Crippen LogP contribution in [0.25, 0.3) is 0 Å². The summed E-state index contributed by atoms with van der Waals surface area (Å²) in [6.07, 6.45) is -2.93. The fourth-order valence-electron chi connectivity index (χ4n) is 1.32. The van der Waals surface area contributed by atoms with E-state index in [-0.39, 0.29) is 11.3 Å². The summed E-state index contributed by atoms with van der Waals surface area (Å²) in [6, 6.07) is 3.24. The van der Waals surface area contributed by atoms with Gasteiger partial charge in [-0.15, -0.1) is 0 Å². The van der Waals surface area contributed by atoms with Crippen LogP contribution in [0.2, 0.25) is 0 Å². The number of ether oxygens (including phenoxy) is 1. The average molecular weight is 329 g/mol. The van der Waals surface area contributed by atoms with Crippen LogP contribution in [-0.2, 0) is 4.79 Å². The monoisotopic (exact) mass is 328 g/mol. The standard InChI is InChI=1S/C11H9BrF4O2/c1-5(17)9(12)6-2-3-7(10(13)14)8(4-6)18-11(15)16/h2-4,9-11H,1H3. The van der Waals surface area contributed by atoms with Crippen molar-refractivity contribution in [2.24, 2.45) is 0 Å². The first-order valence-corrected chi connectivity index (χ1v) is 5.75. The van der Waals surface area contributed by atoms with E-state index in [2.05, 4.69) is 20.7 Å². The van der Waals surface area contributed by atoms with Crippen LogP contribution in [0.3, 0.4) is 0 Å². The van der Waals surface area contributed by atoms with E-state index < -0.39 is 29.2 Å². The molecule has 0 amide bonds. The van der Waals surface area contributed by atoms with Gasteiger partial charge in [-0.25, -0.2) is 8.78 Å². The number of hydrogen-bond donors (Lipinski definition) is 0. The quantitative estimate of drug-likeness (QED) is 0.596. The van der Waals surface area contributed by atoms with Gasteiger partial charge in [0.2, 0.25) is 0 Å². The normalized spacial score (nSPS) is 12.9. The van der Waals surface area contributed by atoms with Crippen molar-refractivity contribution in [3.63, 3.8) is 0 Å². The second-order valence-electron chi connectivity index (χ2n) is 3.45. The highest BCUT2D eigenvalue weighted by atomic mass is 79.9. The van der Waals surface area contributed by atoms with E-state index in [4.69, 9.17) is 0 Å². The predicted octanol–water partition coefficient (Wildman–Crippen LogP) is 4.25.